The Hall–Kier alpha value is -2.85. The Morgan fingerprint density at radius 1 is 1.26 bits per heavy atom. The summed E-state index contributed by atoms with van der Waals surface area (Å²) in [6.45, 7) is 0. The fraction of sp³-hybridized carbons (Fsp3) is 0.125. The van der Waals surface area contributed by atoms with Crippen molar-refractivity contribution < 1.29 is 9.72 Å². The summed E-state index contributed by atoms with van der Waals surface area (Å²) >= 11 is 1.38. The van der Waals surface area contributed by atoms with Crippen molar-refractivity contribution in [3.05, 3.63) is 69.8 Å². The molecule has 0 unspecified atom stereocenters. The number of benzene rings is 2. The van der Waals surface area contributed by atoms with E-state index in [0.717, 1.165) is 5.56 Å². The van der Waals surface area contributed by atoms with E-state index in [2.05, 4.69) is 11.4 Å². The first-order valence-corrected chi connectivity index (χ1v) is 7.85. The van der Waals surface area contributed by atoms with Crippen LogP contribution in [0.25, 0.3) is 0 Å². The first-order chi connectivity index (χ1) is 11.1. The van der Waals surface area contributed by atoms with Crippen LogP contribution in [0.3, 0.4) is 0 Å². The van der Waals surface area contributed by atoms with Gasteiger partial charge in [0.2, 0.25) is 5.91 Å². The molecule has 0 aliphatic heterocycles. The van der Waals surface area contributed by atoms with E-state index in [1.165, 1.54) is 30.0 Å². The predicted molar refractivity (Wildman–Crippen MR) is 89.0 cm³/mol. The van der Waals surface area contributed by atoms with E-state index in [0.29, 0.717) is 17.0 Å². The third-order valence-corrected chi connectivity index (χ3v) is 3.95. The van der Waals surface area contributed by atoms with Gasteiger partial charge in [-0.2, -0.15) is 5.26 Å². The highest BCUT2D eigenvalue weighted by Gasteiger charge is 2.09. The van der Waals surface area contributed by atoms with Gasteiger partial charge in [-0.05, 0) is 17.7 Å². The van der Waals surface area contributed by atoms with Crippen LogP contribution in [-0.4, -0.2) is 16.6 Å². The third-order valence-electron chi connectivity index (χ3n) is 2.97. The Balaban J connectivity index is 1.87. The summed E-state index contributed by atoms with van der Waals surface area (Å²) in [5, 5.41) is 22.3. The second kappa shape index (κ2) is 7.96. The van der Waals surface area contributed by atoms with Crippen LogP contribution in [0.1, 0.15) is 11.1 Å². The van der Waals surface area contributed by atoms with E-state index in [1.807, 2.05) is 12.1 Å². The highest BCUT2D eigenvalue weighted by molar-refractivity contribution is 7.99. The lowest BCUT2D eigenvalue weighted by molar-refractivity contribution is -0.384. The molecule has 0 aliphatic carbocycles. The number of nitrogens with one attached hydrogen (secondary N) is 1. The molecular formula is C16H13N3O3S. The summed E-state index contributed by atoms with van der Waals surface area (Å²) in [4.78, 5) is 22.1. The fourth-order valence-electron chi connectivity index (χ4n) is 1.90. The van der Waals surface area contributed by atoms with Gasteiger partial charge in [-0.1, -0.05) is 24.3 Å². The van der Waals surface area contributed by atoms with Gasteiger partial charge in [-0.3, -0.25) is 14.9 Å². The van der Waals surface area contributed by atoms with Crippen LogP contribution in [0.15, 0.2) is 48.5 Å². The topological polar surface area (TPSA) is 96.0 Å². The summed E-state index contributed by atoms with van der Waals surface area (Å²) in [5.74, 6) is 0.499. The zero-order valence-corrected chi connectivity index (χ0v) is 12.9. The molecular weight excluding hydrogens is 314 g/mol. The molecule has 23 heavy (non-hydrogen) atoms. The number of nitro benzene ring substituents is 1. The number of carbonyl (C=O) groups is 1. The first-order valence-electron chi connectivity index (χ1n) is 6.70. The molecule has 0 heterocycles. The number of rotatable bonds is 6. The van der Waals surface area contributed by atoms with Crippen molar-refractivity contribution in [1.82, 2.24) is 0 Å². The molecule has 116 valence electrons. The van der Waals surface area contributed by atoms with Crippen LogP contribution >= 0.6 is 11.8 Å². The Labute approximate surface area is 137 Å². The molecule has 0 spiro atoms. The lowest BCUT2D eigenvalue weighted by Gasteiger charge is -2.06. The number of hydrogen-bond donors (Lipinski definition) is 1. The van der Waals surface area contributed by atoms with Crippen molar-refractivity contribution in [2.45, 2.75) is 5.75 Å². The van der Waals surface area contributed by atoms with Gasteiger partial charge >= 0.3 is 0 Å². The van der Waals surface area contributed by atoms with Crippen molar-refractivity contribution in [3.8, 4) is 6.07 Å². The van der Waals surface area contributed by atoms with Crippen LogP contribution in [0.4, 0.5) is 11.4 Å². The minimum Gasteiger partial charge on any atom is -0.325 e. The number of non-ortho nitro benzene ring substituents is 1. The smallest absolute Gasteiger partial charge is 0.271 e. The fourth-order valence-corrected chi connectivity index (χ4v) is 2.73. The molecule has 6 nitrogen and oxygen atoms in total. The maximum Gasteiger partial charge on any atom is 0.271 e. The van der Waals surface area contributed by atoms with E-state index in [-0.39, 0.29) is 17.3 Å². The average molecular weight is 327 g/mol. The van der Waals surface area contributed by atoms with Crippen molar-refractivity contribution >= 4 is 29.0 Å². The number of nitro groups is 1. The maximum atomic E-state index is 11.9. The van der Waals surface area contributed by atoms with Gasteiger partial charge in [0.15, 0.2) is 0 Å². The van der Waals surface area contributed by atoms with Crippen LogP contribution in [0, 0.1) is 21.4 Å². The second-order valence-electron chi connectivity index (χ2n) is 4.62. The molecule has 1 amide bonds. The summed E-state index contributed by atoms with van der Waals surface area (Å²) in [6, 6.07) is 15.1. The van der Waals surface area contributed by atoms with E-state index in [9.17, 15) is 14.9 Å². The molecule has 7 heteroatoms. The molecule has 0 saturated heterocycles. The number of anilines is 1. The van der Waals surface area contributed by atoms with E-state index >= 15 is 0 Å². The van der Waals surface area contributed by atoms with Gasteiger partial charge in [0, 0.05) is 23.6 Å². The zero-order valence-electron chi connectivity index (χ0n) is 12.1. The van der Waals surface area contributed by atoms with Gasteiger partial charge in [0.1, 0.15) is 0 Å². The highest BCUT2D eigenvalue weighted by atomic mass is 32.2. The van der Waals surface area contributed by atoms with Gasteiger partial charge in [-0.15, -0.1) is 11.8 Å². The second-order valence-corrected chi connectivity index (χ2v) is 5.60. The summed E-state index contributed by atoms with van der Waals surface area (Å²) < 4.78 is 0. The van der Waals surface area contributed by atoms with Gasteiger partial charge in [-0.25, -0.2) is 0 Å². The SMILES string of the molecule is N#Cc1ccccc1CSCC(=O)Nc1cccc([N+](=O)[O-])c1. The van der Waals surface area contributed by atoms with E-state index in [4.69, 9.17) is 5.26 Å². The van der Waals surface area contributed by atoms with Gasteiger partial charge in [0.25, 0.3) is 5.69 Å². The number of carbonyl (C=O) groups excluding carboxylic acids is 1. The van der Waals surface area contributed by atoms with E-state index in [1.54, 1.807) is 18.2 Å². The largest absolute Gasteiger partial charge is 0.325 e. The molecule has 2 aromatic carbocycles. The number of hydrogen-bond acceptors (Lipinski definition) is 5. The number of amides is 1. The van der Waals surface area contributed by atoms with Crippen LogP contribution < -0.4 is 5.32 Å². The molecule has 0 bridgehead atoms. The lowest BCUT2D eigenvalue weighted by Crippen LogP contribution is -2.14. The summed E-state index contributed by atoms with van der Waals surface area (Å²) in [6.07, 6.45) is 0. The number of nitrogens with zero attached hydrogens (tertiary/aromatic N) is 2. The van der Waals surface area contributed by atoms with Gasteiger partial charge in [0.05, 0.1) is 22.3 Å². The predicted octanol–water partition coefficient (Wildman–Crippen LogP) is 3.34. The number of nitriles is 1. The standard InChI is InChI=1S/C16H13N3O3S/c17-9-12-4-1-2-5-13(12)10-23-11-16(20)18-14-6-3-7-15(8-14)19(21)22/h1-8H,10-11H2,(H,18,20). The molecule has 0 aliphatic rings. The molecule has 2 rings (SSSR count). The minimum absolute atomic E-state index is 0.0709. The highest BCUT2D eigenvalue weighted by Crippen LogP contribution is 2.19. The van der Waals surface area contributed by atoms with Crippen molar-refractivity contribution in [2.24, 2.45) is 0 Å². The van der Waals surface area contributed by atoms with Crippen molar-refractivity contribution in [3.63, 3.8) is 0 Å². The average Bonchev–Trinajstić information content (AvgIpc) is 2.55. The van der Waals surface area contributed by atoms with Crippen molar-refractivity contribution in [2.75, 3.05) is 11.1 Å². The molecule has 0 radical (unpaired) electrons. The molecule has 0 aromatic heterocycles. The van der Waals surface area contributed by atoms with Crippen molar-refractivity contribution in [1.29, 1.82) is 5.26 Å². The van der Waals surface area contributed by atoms with Crippen LogP contribution in [0.5, 0.6) is 0 Å². The zero-order chi connectivity index (χ0) is 16.7. The first kappa shape index (κ1) is 16.5. The molecule has 0 atom stereocenters. The van der Waals surface area contributed by atoms with Crippen LogP contribution in [-0.2, 0) is 10.5 Å². The third kappa shape index (κ3) is 4.83. The monoisotopic (exact) mass is 327 g/mol. The Bertz CT molecular complexity index is 771. The molecule has 0 fully saturated rings. The summed E-state index contributed by atoms with van der Waals surface area (Å²) in [5.41, 5.74) is 1.79. The minimum atomic E-state index is -0.511. The normalized spacial score (nSPS) is 9.87. The van der Waals surface area contributed by atoms with Crippen LogP contribution in [0.2, 0.25) is 0 Å². The molecule has 2 aromatic rings. The lowest BCUT2D eigenvalue weighted by atomic mass is 10.1. The summed E-state index contributed by atoms with van der Waals surface area (Å²) in [7, 11) is 0. The number of thioether (sulfide) groups is 1. The Kier molecular flexibility index (Phi) is 5.72. The maximum absolute atomic E-state index is 11.9. The Morgan fingerprint density at radius 2 is 2.04 bits per heavy atom. The Morgan fingerprint density at radius 3 is 2.78 bits per heavy atom. The quantitative estimate of drug-likeness (QED) is 0.648. The van der Waals surface area contributed by atoms with Gasteiger partial charge < -0.3 is 5.32 Å². The van der Waals surface area contributed by atoms with E-state index < -0.39 is 4.92 Å². The molecule has 0 saturated carbocycles. The molecule has 1 N–H and O–H groups in total.